The minimum atomic E-state index is 0.329. The van der Waals surface area contributed by atoms with Crippen LogP contribution in [0.25, 0.3) is 23.0 Å². The number of anilines is 1. The Morgan fingerprint density at radius 2 is 1.95 bits per heavy atom. The second-order valence-corrected chi connectivity index (χ2v) is 6.39. The highest BCUT2D eigenvalue weighted by atomic mass is 79.9. The van der Waals surface area contributed by atoms with Crippen molar-refractivity contribution in [3.63, 3.8) is 0 Å². The molecule has 0 aliphatic heterocycles. The zero-order valence-electron chi connectivity index (χ0n) is 10.3. The van der Waals surface area contributed by atoms with Gasteiger partial charge in [0.1, 0.15) is 5.69 Å². The Balaban J connectivity index is 2.03. The van der Waals surface area contributed by atoms with Gasteiger partial charge < -0.3 is 10.3 Å². The third-order valence-corrected chi connectivity index (χ3v) is 3.87. The molecule has 0 aliphatic rings. The van der Waals surface area contributed by atoms with Gasteiger partial charge in [-0.2, -0.15) is 4.98 Å². The summed E-state index contributed by atoms with van der Waals surface area (Å²) in [5.41, 5.74) is 7.53. The van der Waals surface area contributed by atoms with Gasteiger partial charge in [0.25, 0.3) is 5.89 Å². The van der Waals surface area contributed by atoms with E-state index in [1.54, 1.807) is 24.4 Å². The first-order chi connectivity index (χ1) is 10.0. The van der Waals surface area contributed by atoms with E-state index in [0.717, 1.165) is 8.95 Å². The standard InChI is InChI=1S/C13H7Br2ClN4O/c14-7-3-10(15)11(18-5-7)12-19-13(21-20-12)6-1-8(16)4-9(17)2-6/h1-5H,17H2. The number of nitrogens with two attached hydrogens (primary N) is 1. The summed E-state index contributed by atoms with van der Waals surface area (Å²) in [5, 5.41) is 4.44. The van der Waals surface area contributed by atoms with Gasteiger partial charge in [-0.05, 0) is 56.1 Å². The van der Waals surface area contributed by atoms with Gasteiger partial charge in [0, 0.05) is 31.4 Å². The molecule has 3 aromatic rings. The van der Waals surface area contributed by atoms with E-state index in [0.29, 0.717) is 33.7 Å². The summed E-state index contributed by atoms with van der Waals surface area (Å²) < 4.78 is 6.86. The van der Waals surface area contributed by atoms with E-state index >= 15 is 0 Å². The Bertz CT molecular complexity index is 801. The lowest BCUT2D eigenvalue weighted by Gasteiger charge is -1.99. The second-order valence-electron chi connectivity index (χ2n) is 4.18. The summed E-state index contributed by atoms with van der Waals surface area (Å²) in [7, 11) is 0. The first-order valence-electron chi connectivity index (χ1n) is 5.74. The van der Waals surface area contributed by atoms with Crippen molar-refractivity contribution in [2.45, 2.75) is 0 Å². The summed E-state index contributed by atoms with van der Waals surface area (Å²) in [6.45, 7) is 0. The molecule has 0 amide bonds. The first kappa shape index (κ1) is 14.5. The summed E-state index contributed by atoms with van der Waals surface area (Å²) in [5.74, 6) is 0.707. The van der Waals surface area contributed by atoms with Crippen LogP contribution in [-0.4, -0.2) is 15.1 Å². The lowest BCUT2D eigenvalue weighted by Crippen LogP contribution is -1.88. The molecular weight excluding hydrogens is 423 g/mol. The molecule has 3 rings (SSSR count). The van der Waals surface area contributed by atoms with Crippen molar-refractivity contribution < 1.29 is 4.52 Å². The molecule has 2 N–H and O–H groups in total. The average Bonchev–Trinajstić information content (AvgIpc) is 2.87. The van der Waals surface area contributed by atoms with Crippen molar-refractivity contribution in [3.05, 3.63) is 44.4 Å². The monoisotopic (exact) mass is 428 g/mol. The summed E-state index contributed by atoms with van der Waals surface area (Å²) >= 11 is 12.7. The summed E-state index contributed by atoms with van der Waals surface area (Å²) in [4.78, 5) is 8.58. The normalized spacial score (nSPS) is 10.8. The van der Waals surface area contributed by atoms with Crippen LogP contribution in [-0.2, 0) is 0 Å². The van der Waals surface area contributed by atoms with E-state index in [1.807, 2.05) is 6.07 Å². The quantitative estimate of drug-likeness (QED) is 0.603. The Morgan fingerprint density at radius 1 is 1.14 bits per heavy atom. The molecule has 0 radical (unpaired) electrons. The minimum Gasteiger partial charge on any atom is -0.399 e. The molecule has 0 saturated carbocycles. The maximum atomic E-state index is 5.97. The minimum absolute atomic E-state index is 0.329. The Kier molecular flexibility index (Phi) is 3.97. The van der Waals surface area contributed by atoms with E-state index in [9.17, 15) is 0 Å². The van der Waals surface area contributed by atoms with Gasteiger partial charge in [-0.25, -0.2) is 0 Å². The average molecular weight is 430 g/mol. The highest BCUT2D eigenvalue weighted by Crippen LogP contribution is 2.29. The number of nitrogens with zero attached hydrogens (tertiary/aromatic N) is 3. The van der Waals surface area contributed by atoms with Crippen molar-refractivity contribution in [2.75, 3.05) is 5.73 Å². The molecule has 0 atom stereocenters. The molecule has 2 aromatic heterocycles. The van der Waals surface area contributed by atoms with E-state index in [-0.39, 0.29) is 0 Å². The van der Waals surface area contributed by atoms with Crippen molar-refractivity contribution in [2.24, 2.45) is 0 Å². The van der Waals surface area contributed by atoms with Crippen LogP contribution in [0.3, 0.4) is 0 Å². The van der Waals surface area contributed by atoms with Crippen molar-refractivity contribution in [1.82, 2.24) is 15.1 Å². The summed E-state index contributed by atoms with van der Waals surface area (Å²) in [6.07, 6.45) is 1.66. The van der Waals surface area contributed by atoms with Gasteiger partial charge >= 0.3 is 0 Å². The summed E-state index contributed by atoms with van der Waals surface area (Å²) in [6, 6.07) is 6.93. The van der Waals surface area contributed by atoms with Crippen LogP contribution in [0.15, 0.2) is 43.9 Å². The number of hydrogen-bond acceptors (Lipinski definition) is 5. The topological polar surface area (TPSA) is 77.8 Å². The molecule has 0 spiro atoms. The SMILES string of the molecule is Nc1cc(Cl)cc(-c2nc(-c3ncc(Br)cc3Br)no2)c1. The molecule has 0 bridgehead atoms. The van der Waals surface area contributed by atoms with E-state index in [1.165, 1.54) is 0 Å². The smallest absolute Gasteiger partial charge is 0.258 e. The van der Waals surface area contributed by atoms with Gasteiger partial charge in [-0.3, -0.25) is 4.98 Å². The largest absolute Gasteiger partial charge is 0.399 e. The van der Waals surface area contributed by atoms with Gasteiger partial charge in [-0.1, -0.05) is 16.8 Å². The van der Waals surface area contributed by atoms with E-state index < -0.39 is 0 Å². The van der Waals surface area contributed by atoms with Crippen molar-refractivity contribution in [1.29, 1.82) is 0 Å². The third kappa shape index (κ3) is 3.09. The fraction of sp³-hybridized carbons (Fsp3) is 0. The maximum absolute atomic E-state index is 5.97. The zero-order chi connectivity index (χ0) is 15.0. The molecule has 2 heterocycles. The fourth-order valence-electron chi connectivity index (χ4n) is 1.75. The highest BCUT2D eigenvalue weighted by molar-refractivity contribution is 9.11. The van der Waals surface area contributed by atoms with Crippen LogP contribution < -0.4 is 5.73 Å². The number of benzene rings is 1. The molecule has 0 saturated heterocycles. The molecule has 106 valence electrons. The molecular formula is C13H7Br2ClN4O. The lowest BCUT2D eigenvalue weighted by molar-refractivity contribution is 0.432. The third-order valence-electron chi connectivity index (χ3n) is 2.61. The Hall–Kier alpha value is -1.44. The molecule has 21 heavy (non-hydrogen) atoms. The van der Waals surface area contributed by atoms with Crippen molar-refractivity contribution in [3.8, 4) is 23.0 Å². The van der Waals surface area contributed by atoms with Crippen LogP contribution in [0.2, 0.25) is 5.02 Å². The molecule has 8 heteroatoms. The number of aromatic nitrogens is 3. The van der Waals surface area contributed by atoms with Crippen LogP contribution in [0.1, 0.15) is 0 Å². The van der Waals surface area contributed by atoms with Gasteiger partial charge in [0.2, 0.25) is 5.82 Å². The van der Waals surface area contributed by atoms with Crippen LogP contribution in [0.4, 0.5) is 5.69 Å². The molecule has 0 aliphatic carbocycles. The van der Waals surface area contributed by atoms with Crippen molar-refractivity contribution >= 4 is 49.1 Å². The van der Waals surface area contributed by atoms with E-state index in [2.05, 4.69) is 47.0 Å². The molecule has 0 unspecified atom stereocenters. The number of pyridine rings is 1. The molecule has 1 aromatic carbocycles. The van der Waals surface area contributed by atoms with Crippen LogP contribution in [0, 0.1) is 0 Å². The fourth-order valence-corrected chi connectivity index (χ4v) is 3.16. The van der Waals surface area contributed by atoms with Gasteiger partial charge in [0.05, 0.1) is 0 Å². The highest BCUT2D eigenvalue weighted by Gasteiger charge is 2.15. The Morgan fingerprint density at radius 3 is 2.67 bits per heavy atom. The van der Waals surface area contributed by atoms with Gasteiger partial charge in [0.15, 0.2) is 0 Å². The first-order valence-corrected chi connectivity index (χ1v) is 7.71. The molecule has 0 fully saturated rings. The number of halogens is 3. The predicted octanol–water partition coefficient (Wildman–Crippen LogP) is 4.56. The second kappa shape index (κ2) is 5.75. The predicted molar refractivity (Wildman–Crippen MR) is 87.8 cm³/mol. The number of nitrogen functional groups attached to an aromatic ring is 1. The molecule has 5 nitrogen and oxygen atoms in total. The number of rotatable bonds is 2. The van der Waals surface area contributed by atoms with Crippen LogP contribution in [0.5, 0.6) is 0 Å². The maximum Gasteiger partial charge on any atom is 0.258 e. The van der Waals surface area contributed by atoms with Gasteiger partial charge in [-0.15, -0.1) is 0 Å². The lowest BCUT2D eigenvalue weighted by atomic mass is 10.2. The zero-order valence-corrected chi connectivity index (χ0v) is 14.3. The van der Waals surface area contributed by atoms with E-state index in [4.69, 9.17) is 21.9 Å². The Labute approximate surface area is 141 Å². The van der Waals surface area contributed by atoms with Crippen LogP contribution >= 0.6 is 43.5 Å². The number of hydrogen-bond donors (Lipinski definition) is 1.